The number of benzene rings is 1. The Kier molecular flexibility index (Phi) is 4.54. The molecule has 2 rings (SSSR count). The maximum Gasteiger partial charge on any atom is 0.238 e. The van der Waals surface area contributed by atoms with Crippen LogP contribution in [0.2, 0.25) is 0 Å². The second kappa shape index (κ2) is 6.15. The van der Waals surface area contributed by atoms with Crippen LogP contribution in [-0.4, -0.2) is 30.0 Å². The van der Waals surface area contributed by atoms with Crippen molar-refractivity contribution in [3.63, 3.8) is 0 Å². The van der Waals surface area contributed by atoms with Crippen molar-refractivity contribution in [3.05, 3.63) is 35.4 Å². The molecule has 1 fully saturated rings. The highest BCUT2D eigenvalue weighted by molar-refractivity contribution is 7.99. The topological polar surface area (TPSA) is 41.1 Å². The lowest BCUT2D eigenvalue weighted by molar-refractivity contribution is -0.122. The third-order valence-corrected chi connectivity index (χ3v) is 3.77. The van der Waals surface area contributed by atoms with Gasteiger partial charge in [0, 0.05) is 36.2 Å². The van der Waals surface area contributed by atoms with Crippen LogP contribution >= 0.6 is 11.8 Å². The monoisotopic (exact) mass is 272 g/mol. The molecular formula is C12H14F2N2OS. The molecule has 1 aromatic rings. The maximum absolute atomic E-state index is 13.3. The molecule has 1 aliphatic heterocycles. The van der Waals surface area contributed by atoms with Crippen LogP contribution in [0.15, 0.2) is 18.2 Å². The van der Waals surface area contributed by atoms with E-state index >= 15 is 0 Å². The first kappa shape index (κ1) is 13.3. The zero-order valence-corrected chi connectivity index (χ0v) is 10.5. The summed E-state index contributed by atoms with van der Waals surface area (Å²) in [6, 6.07) is 3.11. The molecule has 0 bridgehead atoms. The molecule has 18 heavy (non-hydrogen) atoms. The van der Waals surface area contributed by atoms with Gasteiger partial charge in [-0.1, -0.05) is 6.07 Å². The van der Waals surface area contributed by atoms with Gasteiger partial charge in [-0.15, -0.1) is 0 Å². The molecule has 0 radical (unpaired) electrons. The Bertz CT molecular complexity index is 436. The van der Waals surface area contributed by atoms with Crippen LogP contribution in [-0.2, 0) is 11.3 Å². The molecule has 0 aromatic heterocycles. The van der Waals surface area contributed by atoms with Gasteiger partial charge in [0.15, 0.2) is 0 Å². The number of hydrogen-bond donors (Lipinski definition) is 2. The first-order valence-electron chi connectivity index (χ1n) is 5.69. The smallest absolute Gasteiger partial charge is 0.238 e. The number of halogens is 2. The van der Waals surface area contributed by atoms with Gasteiger partial charge in [-0.25, -0.2) is 8.78 Å². The molecule has 0 saturated carbocycles. The van der Waals surface area contributed by atoms with Gasteiger partial charge in [0.1, 0.15) is 11.6 Å². The van der Waals surface area contributed by atoms with E-state index in [1.807, 2.05) is 0 Å². The summed E-state index contributed by atoms with van der Waals surface area (Å²) < 4.78 is 26.0. The van der Waals surface area contributed by atoms with Crippen LogP contribution in [0.5, 0.6) is 0 Å². The molecule has 1 heterocycles. The minimum Gasteiger partial charge on any atom is -0.351 e. The minimum absolute atomic E-state index is 0.0772. The summed E-state index contributed by atoms with van der Waals surface area (Å²) in [5, 5.41) is 5.74. The highest BCUT2D eigenvalue weighted by Crippen LogP contribution is 2.10. The van der Waals surface area contributed by atoms with Crippen LogP contribution in [0.3, 0.4) is 0 Å². The largest absolute Gasteiger partial charge is 0.351 e. The number of nitrogens with one attached hydrogen (secondary N) is 2. The van der Waals surface area contributed by atoms with Crippen molar-refractivity contribution in [1.29, 1.82) is 0 Å². The molecular weight excluding hydrogens is 258 g/mol. The van der Waals surface area contributed by atoms with E-state index in [0.717, 1.165) is 24.1 Å². The Morgan fingerprint density at radius 2 is 2.33 bits per heavy atom. The van der Waals surface area contributed by atoms with Gasteiger partial charge < -0.3 is 10.6 Å². The van der Waals surface area contributed by atoms with Gasteiger partial charge in [-0.3, -0.25) is 4.79 Å². The maximum atomic E-state index is 13.3. The Morgan fingerprint density at radius 1 is 1.50 bits per heavy atom. The fraction of sp³-hybridized carbons (Fsp3) is 0.417. The molecule has 6 heteroatoms. The van der Waals surface area contributed by atoms with Crippen LogP contribution in [0.25, 0.3) is 0 Å². The molecule has 1 unspecified atom stereocenters. The molecule has 98 valence electrons. The molecule has 1 aliphatic rings. The zero-order chi connectivity index (χ0) is 13.0. The zero-order valence-electron chi connectivity index (χ0n) is 9.71. The summed E-state index contributed by atoms with van der Waals surface area (Å²) in [6.07, 6.45) is 0. The molecule has 1 saturated heterocycles. The SMILES string of the molecule is O=C(NCc1ccc(F)cc1F)C1CSCCN1. The van der Waals surface area contributed by atoms with Gasteiger partial charge in [0.25, 0.3) is 0 Å². The van der Waals surface area contributed by atoms with E-state index in [1.54, 1.807) is 11.8 Å². The Labute approximate surface area is 108 Å². The van der Waals surface area contributed by atoms with Crippen molar-refractivity contribution >= 4 is 17.7 Å². The molecule has 3 nitrogen and oxygen atoms in total. The van der Waals surface area contributed by atoms with E-state index in [9.17, 15) is 13.6 Å². The first-order valence-corrected chi connectivity index (χ1v) is 6.85. The Morgan fingerprint density at radius 3 is 3.00 bits per heavy atom. The third-order valence-electron chi connectivity index (χ3n) is 2.71. The van der Waals surface area contributed by atoms with E-state index in [4.69, 9.17) is 0 Å². The number of hydrogen-bond acceptors (Lipinski definition) is 3. The lowest BCUT2D eigenvalue weighted by Crippen LogP contribution is -2.48. The van der Waals surface area contributed by atoms with E-state index in [2.05, 4.69) is 10.6 Å². The summed E-state index contributed by atoms with van der Waals surface area (Å²) >= 11 is 1.71. The average molecular weight is 272 g/mol. The van der Waals surface area contributed by atoms with Crippen molar-refractivity contribution in [2.24, 2.45) is 0 Å². The molecule has 0 spiro atoms. The van der Waals surface area contributed by atoms with Crippen LogP contribution in [0, 0.1) is 11.6 Å². The number of rotatable bonds is 3. The molecule has 1 atom stereocenters. The average Bonchev–Trinajstić information content (AvgIpc) is 2.38. The van der Waals surface area contributed by atoms with Gasteiger partial charge in [-0.2, -0.15) is 11.8 Å². The predicted molar refractivity (Wildman–Crippen MR) is 67.3 cm³/mol. The van der Waals surface area contributed by atoms with Gasteiger partial charge in [0.05, 0.1) is 6.04 Å². The van der Waals surface area contributed by atoms with Crippen LogP contribution < -0.4 is 10.6 Å². The molecule has 1 amide bonds. The third kappa shape index (κ3) is 3.43. The fourth-order valence-corrected chi connectivity index (χ4v) is 2.64. The first-order chi connectivity index (χ1) is 8.66. The van der Waals surface area contributed by atoms with Crippen molar-refractivity contribution in [3.8, 4) is 0 Å². The van der Waals surface area contributed by atoms with Crippen molar-refractivity contribution in [2.75, 3.05) is 18.1 Å². The number of amides is 1. The van der Waals surface area contributed by atoms with E-state index in [0.29, 0.717) is 0 Å². The number of thioether (sulfide) groups is 1. The molecule has 1 aromatic carbocycles. The van der Waals surface area contributed by atoms with Crippen molar-refractivity contribution in [2.45, 2.75) is 12.6 Å². The Hall–Kier alpha value is -1.14. The van der Waals surface area contributed by atoms with Crippen molar-refractivity contribution in [1.82, 2.24) is 10.6 Å². The second-order valence-electron chi connectivity index (χ2n) is 4.04. The predicted octanol–water partition coefficient (Wildman–Crippen LogP) is 1.29. The number of carbonyl (C=O) groups is 1. The lowest BCUT2D eigenvalue weighted by Gasteiger charge is -2.22. The van der Waals surface area contributed by atoms with Crippen LogP contribution in [0.1, 0.15) is 5.56 Å². The summed E-state index contributed by atoms with van der Waals surface area (Å²) in [7, 11) is 0. The van der Waals surface area contributed by atoms with Crippen molar-refractivity contribution < 1.29 is 13.6 Å². The summed E-state index contributed by atoms with van der Waals surface area (Å²) in [5.74, 6) is 0.314. The summed E-state index contributed by atoms with van der Waals surface area (Å²) in [5.41, 5.74) is 0.285. The van der Waals surface area contributed by atoms with E-state index in [-0.39, 0.29) is 24.1 Å². The molecule has 2 N–H and O–H groups in total. The summed E-state index contributed by atoms with van der Waals surface area (Å²) in [4.78, 5) is 11.8. The molecule has 0 aliphatic carbocycles. The highest BCUT2D eigenvalue weighted by atomic mass is 32.2. The second-order valence-corrected chi connectivity index (χ2v) is 5.18. The lowest BCUT2D eigenvalue weighted by atomic mass is 10.2. The Balaban J connectivity index is 1.88. The summed E-state index contributed by atoms with van der Waals surface area (Å²) in [6.45, 7) is 0.876. The van der Waals surface area contributed by atoms with Crippen LogP contribution in [0.4, 0.5) is 8.78 Å². The van der Waals surface area contributed by atoms with E-state index in [1.165, 1.54) is 12.1 Å². The van der Waals surface area contributed by atoms with Gasteiger partial charge >= 0.3 is 0 Å². The minimum atomic E-state index is -0.638. The fourth-order valence-electron chi connectivity index (χ4n) is 1.70. The highest BCUT2D eigenvalue weighted by Gasteiger charge is 2.20. The standard InChI is InChI=1S/C12H14F2N2OS/c13-9-2-1-8(10(14)5-9)6-16-12(17)11-7-18-4-3-15-11/h1-2,5,11,15H,3-4,6-7H2,(H,16,17). The van der Waals surface area contributed by atoms with E-state index < -0.39 is 11.6 Å². The van der Waals surface area contributed by atoms with Gasteiger partial charge in [-0.05, 0) is 6.07 Å². The van der Waals surface area contributed by atoms with Gasteiger partial charge in [0.2, 0.25) is 5.91 Å². The normalized spacial score (nSPS) is 19.6. The number of carbonyl (C=O) groups excluding carboxylic acids is 1. The quantitative estimate of drug-likeness (QED) is 0.871.